The molecule has 0 heterocycles. The third-order valence-electron chi connectivity index (χ3n) is 3.52. The summed E-state index contributed by atoms with van der Waals surface area (Å²) in [6, 6.07) is 3.17. The molecule has 1 aliphatic rings. The van der Waals surface area contributed by atoms with Gasteiger partial charge in [-0.3, -0.25) is 0 Å². The largest absolute Gasteiger partial charge is 0.478 e. The number of halogens is 2. The summed E-state index contributed by atoms with van der Waals surface area (Å²) in [6.45, 7) is 2.14. The number of anilines is 1. The van der Waals surface area contributed by atoms with Gasteiger partial charge in [-0.25, -0.2) is 9.18 Å². The Hall–Kier alpha value is -1.10. The van der Waals surface area contributed by atoms with Gasteiger partial charge in [-0.1, -0.05) is 13.3 Å². The number of aromatic carboxylic acids is 1. The van der Waals surface area contributed by atoms with Crippen molar-refractivity contribution in [2.75, 3.05) is 5.32 Å². The quantitative estimate of drug-likeness (QED) is 0.889. The van der Waals surface area contributed by atoms with Crippen LogP contribution in [0.5, 0.6) is 0 Å². The first-order chi connectivity index (χ1) is 8.50. The summed E-state index contributed by atoms with van der Waals surface area (Å²) < 4.78 is 14.0. The van der Waals surface area contributed by atoms with E-state index in [0.717, 1.165) is 19.3 Å². The lowest BCUT2D eigenvalue weighted by Crippen LogP contribution is -2.22. The molecule has 1 aromatic carbocycles. The predicted octanol–water partition coefficient (Wildman–Crippen LogP) is 3.89. The molecule has 0 amide bonds. The standard InChI is InChI=1S/C13H15BrFNO2/c1-7-3-2-4-9(7)16-10-6-5-8(13(17)18)11(14)12(10)15/h5-7,9,16H,2-4H2,1H3,(H,17,18). The molecule has 0 bridgehead atoms. The van der Waals surface area contributed by atoms with E-state index in [1.54, 1.807) is 0 Å². The van der Waals surface area contributed by atoms with E-state index in [0.29, 0.717) is 11.6 Å². The number of rotatable bonds is 3. The minimum Gasteiger partial charge on any atom is -0.478 e. The zero-order valence-electron chi connectivity index (χ0n) is 10.0. The lowest BCUT2D eigenvalue weighted by atomic mass is 10.1. The third kappa shape index (κ3) is 2.51. The Morgan fingerprint density at radius 2 is 2.22 bits per heavy atom. The van der Waals surface area contributed by atoms with E-state index >= 15 is 0 Å². The highest BCUT2D eigenvalue weighted by Crippen LogP contribution is 2.32. The highest BCUT2D eigenvalue weighted by molar-refractivity contribution is 9.10. The number of carbonyl (C=O) groups is 1. The fraction of sp³-hybridized carbons (Fsp3) is 0.462. The fourth-order valence-electron chi connectivity index (χ4n) is 2.39. The molecule has 0 aliphatic heterocycles. The van der Waals surface area contributed by atoms with E-state index in [1.165, 1.54) is 12.1 Å². The van der Waals surface area contributed by atoms with Gasteiger partial charge < -0.3 is 10.4 Å². The number of nitrogens with one attached hydrogen (secondary N) is 1. The van der Waals surface area contributed by atoms with Crippen LogP contribution in [0.4, 0.5) is 10.1 Å². The first-order valence-corrected chi connectivity index (χ1v) is 6.78. The van der Waals surface area contributed by atoms with Gasteiger partial charge in [-0.15, -0.1) is 0 Å². The second-order valence-electron chi connectivity index (χ2n) is 4.75. The van der Waals surface area contributed by atoms with Crippen LogP contribution in [0.1, 0.15) is 36.5 Å². The Bertz CT molecular complexity index is 478. The summed E-state index contributed by atoms with van der Waals surface area (Å²) in [5.41, 5.74) is 0.308. The van der Waals surface area contributed by atoms with E-state index in [9.17, 15) is 9.18 Å². The van der Waals surface area contributed by atoms with Crippen LogP contribution in [0.3, 0.4) is 0 Å². The first kappa shape index (κ1) is 13.3. The van der Waals surface area contributed by atoms with Crippen molar-refractivity contribution >= 4 is 27.6 Å². The van der Waals surface area contributed by atoms with Crippen molar-refractivity contribution in [1.29, 1.82) is 0 Å². The number of hydrogen-bond acceptors (Lipinski definition) is 2. The van der Waals surface area contributed by atoms with Gasteiger partial charge in [0.05, 0.1) is 15.7 Å². The number of carboxylic acids is 1. The predicted molar refractivity (Wildman–Crippen MR) is 71.5 cm³/mol. The molecule has 2 N–H and O–H groups in total. The van der Waals surface area contributed by atoms with Crippen LogP contribution in [-0.4, -0.2) is 17.1 Å². The molecule has 2 atom stereocenters. The van der Waals surface area contributed by atoms with Crippen LogP contribution in [0, 0.1) is 11.7 Å². The van der Waals surface area contributed by atoms with E-state index in [1.807, 2.05) is 0 Å². The van der Waals surface area contributed by atoms with Crippen LogP contribution in [-0.2, 0) is 0 Å². The zero-order chi connectivity index (χ0) is 13.3. The smallest absolute Gasteiger partial charge is 0.336 e. The first-order valence-electron chi connectivity index (χ1n) is 5.98. The molecule has 0 radical (unpaired) electrons. The maximum absolute atomic E-state index is 14.0. The Morgan fingerprint density at radius 3 is 2.78 bits per heavy atom. The molecule has 2 unspecified atom stereocenters. The van der Waals surface area contributed by atoms with Crippen LogP contribution in [0.15, 0.2) is 16.6 Å². The molecule has 5 heteroatoms. The molecule has 1 aliphatic carbocycles. The average Bonchev–Trinajstić information content (AvgIpc) is 2.70. The van der Waals surface area contributed by atoms with Crippen LogP contribution >= 0.6 is 15.9 Å². The normalized spacial score (nSPS) is 23.1. The van der Waals surface area contributed by atoms with Gasteiger partial charge in [0.25, 0.3) is 0 Å². The molecule has 18 heavy (non-hydrogen) atoms. The third-order valence-corrected chi connectivity index (χ3v) is 4.29. The Labute approximate surface area is 114 Å². The number of carboxylic acid groups (broad SMARTS) is 1. The molecule has 0 saturated heterocycles. The summed E-state index contributed by atoms with van der Waals surface area (Å²) in [6.07, 6.45) is 3.32. The van der Waals surface area contributed by atoms with Gasteiger partial charge in [-0.05, 0) is 46.8 Å². The Morgan fingerprint density at radius 1 is 1.50 bits per heavy atom. The summed E-state index contributed by atoms with van der Waals surface area (Å²) in [5.74, 6) is -1.15. The van der Waals surface area contributed by atoms with Crippen molar-refractivity contribution < 1.29 is 14.3 Å². The van der Waals surface area contributed by atoms with Crippen LogP contribution in [0.2, 0.25) is 0 Å². The van der Waals surface area contributed by atoms with Gasteiger partial charge in [0.15, 0.2) is 5.82 Å². The highest BCUT2D eigenvalue weighted by Gasteiger charge is 2.25. The molecular weight excluding hydrogens is 301 g/mol. The SMILES string of the molecule is CC1CCCC1Nc1ccc(C(=O)O)c(Br)c1F. The molecule has 1 fully saturated rings. The number of benzene rings is 1. The van der Waals surface area contributed by atoms with Crippen molar-refractivity contribution in [3.05, 3.63) is 28.0 Å². The fourth-order valence-corrected chi connectivity index (χ4v) is 2.90. The van der Waals surface area contributed by atoms with Gasteiger partial charge in [-0.2, -0.15) is 0 Å². The maximum Gasteiger partial charge on any atom is 0.336 e. The second-order valence-corrected chi connectivity index (χ2v) is 5.55. The molecule has 98 valence electrons. The topological polar surface area (TPSA) is 49.3 Å². The van der Waals surface area contributed by atoms with Crippen molar-refractivity contribution in [3.63, 3.8) is 0 Å². The lowest BCUT2D eigenvalue weighted by Gasteiger charge is -2.19. The summed E-state index contributed by atoms with van der Waals surface area (Å²) in [7, 11) is 0. The maximum atomic E-state index is 14.0. The molecule has 0 aromatic heterocycles. The van der Waals surface area contributed by atoms with Gasteiger partial charge in [0.1, 0.15) is 0 Å². The summed E-state index contributed by atoms with van der Waals surface area (Å²) in [5, 5.41) is 12.1. The molecule has 2 rings (SSSR count). The van der Waals surface area contributed by atoms with E-state index in [4.69, 9.17) is 5.11 Å². The molecule has 1 saturated carbocycles. The van der Waals surface area contributed by atoms with E-state index in [-0.39, 0.29) is 16.1 Å². The van der Waals surface area contributed by atoms with Crippen molar-refractivity contribution in [1.82, 2.24) is 0 Å². The lowest BCUT2D eigenvalue weighted by molar-refractivity contribution is 0.0695. The summed E-state index contributed by atoms with van der Waals surface area (Å²) >= 11 is 3.00. The van der Waals surface area contributed by atoms with Gasteiger partial charge in [0, 0.05) is 6.04 Å². The van der Waals surface area contributed by atoms with Crippen LogP contribution in [0.25, 0.3) is 0 Å². The highest BCUT2D eigenvalue weighted by atomic mass is 79.9. The molecular formula is C13H15BrFNO2. The minimum absolute atomic E-state index is 0.00523. The molecule has 0 spiro atoms. The molecule has 1 aromatic rings. The van der Waals surface area contributed by atoms with Crippen molar-refractivity contribution in [2.24, 2.45) is 5.92 Å². The van der Waals surface area contributed by atoms with E-state index < -0.39 is 11.8 Å². The van der Waals surface area contributed by atoms with Crippen LogP contribution < -0.4 is 5.32 Å². The molecule has 3 nitrogen and oxygen atoms in total. The summed E-state index contributed by atoms with van der Waals surface area (Å²) in [4.78, 5) is 10.9. The van der Waals surface area contributed by atoms with E-state index in [2.05, 4.69) is 28.2 Å². The second kappa shape index (κ2) is 5.26. The van der Waals surface area contributed by atoms with Gasteiger partial charge >= 0.3 is 5.97 Å². The Balaban J connectivity index is 2.24. The minimum atomic E-state index is -1.14. The number of hydrogen-bond donors (Lipinski definition) is 2. The Kier molecular flexibility index (Phi) is 3.90. The van der Waals surface area contributed by atoms with Crippen molar-refractivity contribution in [3.8, 4) is 0 Å². The average molecular weight is 316 g/mol. The monoisotopic (exact) mass is 315 g/mol. The zero-order valence-corrected chi connectivity index (χ0v) is 11.6. The van der Waals surface area contributed by atoms with Crippen molar-refractivity contribution in [2.45, 2.75) is 32.2 Å². The van der Waals surface area contributed by atoms with Gasteiger partial charge in [0.2, 0.25) is 0 Å².